The number of allylic oxidation sites excluding steroid dienone is 2. The van der Waals surface area contributed by atoms with Gasteiger partial charge < -0.3 is 15.0 Å². The van der Waals surface area contributed by atoms with Gasteiger partial charge in [0.15, 0.2) is 0 Å². The van der Waals surface area contributed by atoms with Crippen molar-refractivity contribution in [2.24, 2.45) is 5.10 Å². The van der Waals surface area contributed by atoms with Crippen molar-refractivity contribution < 1.29 is 4.74 Å². The summed E-state index contributed by atoms with van der Waals surface area (Å²) in [6, 6.07) is 24.5. The van der Waals surface area contributed by atoms with Crippen molar-refractivity contribution in [3.05, 3.63) is 84.4 Å². The predicted molar refractivity (Wildman–Crippen MR) is 142 cm³/mol. The lowest BCUT2D eigenvalue weighted by Crippen LogP contribution is -2.37. The molecular weight excluding hydrogens is 438 g/mol. The highest BCUT2D eigenvalue weighted by atomic mass is 16.5. The number of benzene rings is 3. The molecule has 3 aromatic carbocycles. The zero-order valence-electron chi connectivity index (χ0n) is 19.6. The number of morpholine rings is 1. The van der Waals surface area contributed by atoms with E-state index in [2.05, 4.69) is 66.0 Å². The average molecular weight is 466 g/mol. The van der Waals surface area contributed by atoms with Gasteiger partial charge in [0.25, 0.3) is 0 Å². The fourth-order valence-electron chi connectivity index (χ4n) is 3.87. The summed E-state index contributed by atoms with van der Waals surface area (Å²) < 4.78 is 5.49. The number of anilines is 4. The highest BCUT2D eigenvalue weighted by Crippen LogP contribution is 2.26. The van der Waals surface area contributed by atoms with Crippen LogP contribution in [0, 0.1) is 0 Å². The standard InChI is InChI=1S/C27H27N7O/c1-20(21-8-3-2-4-9-21)14-15-28-33-26-30-25(31-27(32-26)34-16-18-35-19-17-34)29-24-13-7-11-22-10-5-6-12-23(22)24/h2-15H,16-19H2,1H3,(H2,29,30,31,32,33). The van der Waals surface area contributed by atoms with Crippen molar-refractivity contribution >= 4 is 46.1 Å². The fraction of sp³-hybridized carbons (Fsp3) is 0.185. The Morgan fingerprint density at radius 2 is 1.63 bits per heavy atom. The van der Waals surface area contributed by atoms with Crippen LogP contribution < -0.4 is 15.6 Å². The molecule has 5 rings (SSSR count). The van der Waals surface area contributed by atoms with Crippen molar-refractivity contribution in [1.29, 1.82) is 0 Å². The lowest BCUT2D eigenvalue weighted by Gasteiger charge is -2.27. The maximum absolute atomic E-state index is 5.49. The summed E-state index contributed by atoms with van der Waals surface area (Å²) >= 11 is 0. The Kier molecular flexibility index (Phi) is 6.91. The summed E-state index contributed by atoms with van der Waals surface area (Å²) in [5.41, 5.74) is 6.15. The van der Waals surface area contributed by atoms with Gasteiger partial charge in [0, 0.05) is 30.4 Å². The number of hydrogen-bond acceptors (Lipinski definition) is 8. The first kappa shape index (κ1) is 22.5. The summed E-state index contributed by atoms with van der Waals surface area (Å²) in [6.45, 7) is 4.77. The first-order valence-electron chi connectivity index (χ1n) is 11.6. The molecule has 35 heavy (non-hydrogen) atoms. The van der Waals surface area contributed by atoms with Gasteiger partial charge >= 0.3 is 0 Å². The van der Waals surface area contributed by atoms with Gasteiger partial charge in [-0.3, -0.25) is 0 Å². The lowest BCUT2D eigenvalue weighted by atomic mass is 10.1. The average Bonchev–Trinajstić information content (AvgIpc) is 2.92. The monoisotopic (exact) mass is 465 g/mol. The number of hydrogen-bond donors (Lipinski definition) is 2. The van der Waals surface area contributed by atoms with Gasteiger partial charge in [-0.1, -0.05) is 66.7 Å². The third kappa shape index (κ3) is 5.62. The van der Waals surface area contributed by atoms with Crippen LogP contribution >= 0.6 is 0 Å². The summed E-state index contributed by atoms with van der Waals surface area (Å²) in [5, 5.41) is 9.93. The Hall–Kier alpha value is -4.30. The predicted octanol–water partition coefficient (Wildman–Crippen LogP) is 5.11. The Labute approximate surface area is 204 Å². The molecule has 1 aromatic heterocycles. The number of hydrazone groups is 1. The zero-order valence-corrected chi connectivity index (χ0v) is 19.6. The number of ether oxygens (including phenoxy) is 1. The smallest absolute Gasteiger partial charge is 0.250 e. The van der Waals surface area contributed by atoms with Crippen molar-refractivity contribution in [3.8, 4) is 0 Å². The molecule has 2 N–H and O–H groups in total. The van der Waals surface area contributed by atoms with Crippen LogP contribution in [0.2, 0.25) is 0 Å². The van der Waals surface area contributed by atoms with Gasteiger partial charge in [0.05, 0.1) is 13.2 Å². The minimum atomic E-state index is 0.367. The topological polar surface area (TPSA) is 87.6 Å². The van der Waals surface area contributed by atoms with Gasteiger partial charge in [0.1, 0.15) is 0 Å². The Morgan fingerprint density at radius 1 is 0.886 bits per heavy atom. The van der Waals surface area contributed by atoms with E-state index in [1.807, 2.05) is 55.5 Å². The van der Waals surface area contributed by atoms with Crippen molar-refractivity contribution in [3.63, 3.8) is 0 Å². The van der Waals surface area contributed by atoms with E-state index < -0.39 is 0 Å². The number of rotatable bonds is 7. The maximum Gasteiger partial charge on any atom is 0.250 e. The second-order valence-electron chi connectivity index (χ2n) is 8.14. The number of nitrogens with one attached hydrogen (secondary N) is 2. The summed E-state index contributed by atoms with van der Waals surface area (Å²) in [6.07, 6.45) is 3.65. The van der Waals surface area contributed by atoms with Gasteiger partial charge in [-0.25, -0.2) is 5.43 Å². The molecule has 1 saturated heterocycles. The molecule has 0 aliphatic carbocycles. The first-order chi connectivity index (χ1) is 17.3. The van der Waals surface area contributed by atoms with Crippen molar-refractivity contribution in [2.75, 3.05) is 41.9 Å². The number of aromatic nitrogens is 3. The molecule has 0 saturated carbocycles. The van der Waals surface area contributed by atoms with Crippen LogP contribution in [0.3, 0.4) is 0 Å². The molecule has 0 amide bonds. The molecule has 0 unspecified atom stereocenters. The van der Waals surface area contributed by atoms with E-state index in [0.29, 0.717) is 31.1 Å². The zero-order chi connectivity index (χ0) is 23.9. The minimum Gasteiger partial charge on any atom is -0.378 e. The van der Waals surface area contributed by atoms with E-state index >= 15 is 0 Å². The molecule has 176 valence electrons. The molecule has 1 aliphatic heterocycles. The Balaban J connectivity index is 1.40. The van der Waals surface area contributed by atoms with E-state index in [0.717, 1.165) is 40.7 Å². The fourth-order valence-corrected chi connectivity index (χ4v) is 3.87. The molecular formula is C27H27N7O. The molecule has 0 atom stereocenters. The maximum atomic E-state index is 5.49. The number of fused-ring (bicyclic) bond motifs is 1. The van der Waals surface area contributed by atoms with E-state index in [4.69, 9.17) is 4.74 Å². The van der Waals surface area contributed by atoms with Crippen LogP contribution in [0.25, 0.3) is 16.3 Å². The molecule has 0 radical (unpaired) electrons. The molecule has 1 aliphatic rings. The third-order valence-electron chi connectivity index (χ3n) is 5.75. The van der Waals surface area contributed by atoms with Crippen LogP contribution in [0.15, 0.2) is 84.0 Å². The third-order valence-corrected chi connectivity index (χ3v) is 5.75. The number of nitrogens with zero attached hydrogens (tertiary/aromatic N) is 5. The largest absolute Gasteiger partial charge is 0.378 e. The van der Waals surface area contributed by atoms with Gasteiger partial charge in [-0.05, 0) is 35.6 Å². The molecule has 8 nitrogen and oxygen atoms in total. The first-order valence-corrected chi connectivity index (χ1v) is 11.6. The van der Waals surface area contributed by atoms with E-state index in [1.165, 1.54) is 0 Å². The summed E-state index contributed by atoms with van der Waals surface area (Å²) in [4.78, 5) is 15.9. The highest BCUT2D eigenvalue weighted by molar-refractivity contribution is 5.95. The van der Waals surface area contributed by atoms with Crippen LogP contribution in [-0.4, -0.2) is 47.5 Å². The van der Waals surface area contributed by atoms with Crippen LogP contribution in [0.4, 0.5) is 23.5 Å². The Bertz CT molecular complexity index is 1340. The normalized spacial score (nSPS) is 14.4. The lowest BCUT2D eigenvalue weighted by molar-refractivity contribution is 0.122. The van der Waals surface area contributed by atoms with E-state index in [-0.39, 0.29) is 0 Å². The second kappa shape index (κ2) is 10.8. The minimum absolute atomic E-state index is 0.367. The quantitative estimate of drug-likeness (QED) is 0.290. The molecule has 0 bridgehead atoms. The Morgan fingerprint density at radius 3 is 2.49 bits per heavy atom. The molecule has 2 heterocycles. The van der Waals surface area contributed by atoms with Gasteiger partial charge in [-0.15, -0.1) is 0 Å². The summed E-state index contributed by atoms with van der Waals surface area (Å²) in [5.74, 6) is 1.40. The van der Waals surface area contributed by atoms with Crippen molar-refractivity contribution in [1.82, 2.24) is 15.0 Å². The van der Waals surface area contributed by atoms with Gasteiger partial charge in [0.2, 0.25) is 17.8 Å². The van der Waals surface area contributed by atoms with Crippen LogP contribution in [-0.2, 0) is 4.74 Å². The van der Waals surface area contributed by atoms with Gasteiger partial charge in [-0.2, -0.15) is 20.1 Å². The van der Waals surface area contributed by atoms with Crippen LogP contribution in [0.1, 0.15) is 12.5 Å². The van der Waals surface area contributed by atoms with E-state index in [9.17, 15) is 0 Å². The molecule has 1 fully saturated rings. The SMILES string of the molecule is CC(=CC=NNc1nc(Nc2cccc3ccccc23)nc(N2CCOCC2)n1)c1ccccc1. The van der Waals surface area contributed by atoms with Crippen LogP contribution in [0.5, 0.6) is 0 Å². The highest BCUT2D eigenvalue weighted by Gasteiger charge is 2.17. The van der Waals surface area contributed by atoms with Crippen molar-refractivity contribution in [2.45, 2.75) is 6.92 Å². The molecule has 8 heteroatoms. The molecule has 0 spiro atoms. The second-order valence-corrected chi connectivity index (χ2v) is 8.14. The molecule has 4 aromatic rings. The van der Waals surface area contributed by atoms with E-state index in [1.54, 1.807) is 6.21 Å². The summed E-state index contributed by atoms with van der Waals surface area (Å²) in [7, 11) is 0.